The van der Waals surface area contributed by atoms with Crippen LogP contribution in [0.25, 0.3) is 0 Å². The number of hydrogen-bond donors (Lipinski definition) is 2. The van der Waals surface area contributed by atoms with Crippen molar-refractivity contribution in [3.8, 4) is 0 Å². The highest BCUT2D eigenvalue weighted by atomic mass is 32.1. The number of amides is 1. The van der Waals surface area contributed by atoms with E-state index in [1.807, 2.05) is 20.8 Å². The molecule has 0 aliphatic rings. The second-order valence-electron chi connectivity index (χ2n) is 4.53. The average Bonchev–Trinajstić information content (AvgIpc) is 2.65. The molecule has 0 bridgehead atoms. The van der Waals surface area contributed by atoms with Crippen LogP contribution in [0, 0.1) is 0 Å². The molecule has 0 spiro atoms. The van der Waals surface area contributed by atoms with E-state index in [1.54, 1.807) is 0 Å². The van der Waals surface area contributed by atoms with Crippen molar-refractivity contribution < 1.29 is 9.90 Å². The van der Waals surface area contributed by atoms with Crippen molar-refractivity contribution in [2.75, 3.05) is 13.2 Å². The number of nitrogens with zero attached hydrogens (tertiary/aromatic N) is 2. The molecule has 1 amide bonds. The fraction of sp³-hybridized carbons (Fsp3) is 0.700. The van der Waals surface area contributed by atoms with Crippen LogP contribution in [0.1, 0.15) is 42.6 Å². The van der Waals surface area contributed by atoms with Crippen LogP contribution in [-0.2, 0) is 5.41 Å². The Morgan fingerprint density at radius 1 is 1.50 bits per heavy atom. The summed E-state index contributed by atoms with van der Waals surface area (Å²) in [6.07, 6.45) is 0.558. The zero-order valence-corrected chi connectivity index (χ0v) is 10.6. The molecule has 0 unspecified atom stereocenters. The van der Waals surface area contributed by atoms with Gasteiger partial charge in [0.25, 0.3) is 5.91 Å². The zero-order valence-electron chi connectivity index (χ0n) is 9.78. The van der Waals surface area contributed by atoms with Crippen molar-refractivity contribution >= 4 is 17.4 Å². The molecule has 0 aliphatic carbocycles. The van der Waals surface area contributed by atoms with Gasteiger partial charge < -0.3 is 10.4 Å². The molecule has 6 heteroatoms. The first kappa shape index (κ1) is 13.1. The quantitative estimate of drug-likeness (QED) is 0.772. The Kier molecular flexibility index (Phi) is 4.37. The maximum absolute atomic E-state index is 11.8. The highest BCUT2D eigenvalue weighted by Gasteiger charge is 2.25. The van der Waals surface area contributed by atoms with Crippen LogP contribution in [0.5, 0.6) is 0 Å². The smallest absolute Gasteiger partial charge is 0.264 e. The lowest BCUT2D eigenvalue weighted by molar-refractivity contribution is 0.0953. The molecular weight excluding hydrogens is 226 g/mol. The van der Waals surface area contributed by atoms with Gasteiger partial charge in [0.2, 0.25) is 0 Å². The Bertz CT molecular complexity index is 357. The molecule has 5 nitrogen and oxygen atoms in total. The molecule has 1 heterocycles. The Balaban J connectivity index is 2.73. The minimum Gasteiger partial charge on any atom is -0.396 e. The molecule has 2 N–H and O–H groups in total. The second-order valence-corrected chi connectivity index (χ2v) is 5.29. The van der Waals surface area contributed by atoms with Gasteiger partial charge in [-0.2, -0.15) is 0 Å². The third kappa shape index (κ3) is 3.24. The largest absolute Gasteiger partial charge is 0.396 e. The summed E-state index contributed by atoms with van der Waals surface area (Å²) in [5.41, 5.74) is 0.537. The summed E-state index contributed by atoms with van der Waals surface area (Å²) in [7, 11) is 0. The van der Waals surface area contributed by atoms with Crippen LogP contribution in [0.4, 0.5) is 0 Å². The van der Waals surface area contributed by atoms with Gasteiger partial charge in [0.1, 0.15) is 4.88 Å². The second kappa shape index (κ2) is 5.36. The lowest BCUT2D eigenvalue weighted by atomic mass is 9.91. The molecule has 0 aromatic carbocycles. The summed E-state index contributed by atoms with van der Waals surface area (Å²) in [6.45, 7) is 6.53. The van der Waals surface area contributed by atoms with Crippen molar-refractivity contribution in [3.63, 3.8) is 0 Å². The maximum Gasteiger partial charge on any atom is 0.264 e. The number of nitrogens with one attached hydrogen (secondary N) is 1. The lowest BCUT2D eigenvalue weighted by Gasteiger charge is -2.16. The highest BCUT2D eigenvalue weighted by Crippen LogP contribution is 2.25. The topological polar surface area (TPSA) is 75.1 Å². The number of aliphatic hydroxyl groups is 1. The van der Waals surface area contributed by atoms with Gasteiger partial charge in [0, 0.05) is 18.6 Å². The number of hydrogen-bond acceptors (Lipinski definition) is 5. The van der Waals surface area contributed by atoms with E-state index in [4.69, 9.17) is 5.11 Å². The third-order valence-corrected chi connectivity index (χ3v) is 2.75. The van der Waals surface area contributed by atoms with E-state index >= 15 is 0 Å². The summed E-state index contributed by atoms with van der Waals surface area (Å²) in [6, 6.07) is 0. The standard InChI is InChI=1S/C10H17N3O2S/c1-10(2,3)8-7(16-13-12-8)9(15)11-5-4-6-14/h14H,4-6H2,1-3H3,(H,11,15). The van der Waals surface area contributed by atoms with Gasteiger partial charge in [-0.3, -0.25) is 4.79 Å². The van der Waals surface area contributed by atoms with E-state index in [0.29, 0.717) is 17.8 Å². The first-order valence-corrected chi connectivity index (χ1v) is 5.96. The van der Waals surface area contributed by atoms with E-state index in [0.717, 1.165) is 17.2 Å². The minimum atomic E-state index is -0.184. The monoisotopic (exact) mass is 243 g/mol. The minimum absolute atomic E-state index is 0.0767. The summed E-state index contributed by atoms with van der Waals surface area (Å²) in [4.78, 5) is 12.3. The van der Waals surface area contributed by atoms with Crippen LogP contribution in [0.15, 0.2) is 0 Å². The van der Waals surface area contributed by atoms with Crippen LogP contribution < -0.4 is 5.32 Å². The number of aliphatic hydroxyl groups excluding tert-OH is 1. The van der Waals surface area contributed by atoms with E-state index in [9.17, 15) is 4.79 Å². The Morgan fingerprint density at radius 3 is 2.75 bits per heavy atom. The number of carbonyl (C=O) groups is 1. The van der Waals surface area contributed by atoms with Crippen LogP contribution >= 0.6 is 11.5 Å². The first-order valence-electron chi connectivity index (χ1n) is 5.18. The Morgan fingerprint density at radius 2 is 2.19 bits per heavy atom. The van der Waals surface area contributed by atoms with E-state index < -0.39 is 0 Å². The van der Waals surface area contributed by atoms with Gasteiger partial charge >= 0.3 is 0 Å². The van der Waals surface area contributed by atoms with Gasteiger partial charge in [-0.15, -0.1) is 5.10 Å². The molecule has 1 aromatic rings. The summed E-state index contributed by atoms with van der Waals surface area (Å²) >= 11 is 1.11. The summed E-state index contributed by atoms with van der Waals surface area (Å²) in [5.74, 6) is -0.159. The molecular formula is C10H17N3O2S. The molecule has 0 saturated heterocycles. The molecule has 1 rings (SSSR count). The maximum atomic E-state index is 11.8. The van der Waals surface area contributed by atoms with Crippen LogP contribution in [-0.4, -0.2) is 33.8 Å². The molecule has 90 valence electrons. The normalized spacial score (nSPS) is 11.5. The summed E-state index contributed by atoms with van der Waals surface area (Å²) < 4.78 is 3.82. The predicted octanol–water partition coefficient (Wildman–Crippen LogP) is 0.948. The van der Waals surface area contributed by atoms with Crippen molar-refractivity contribution in [3.05, 3.63) is 10.6 Å². The van der Waals surface area contributed by atoms with Crippen molar-refractivity contribution in [2.45, 2.75) is 32.6 Å². The number of rotatable bonds is 4. The first-order chi connectivity index (χ1) is 7.46. The SMILES string of the molecule is CC(C)(C)c1nnsc1C(=O)NCCCO. The molecule has 0 aliphatic heterocycles. The average molecular weight is 243 g/mol. The number of aromatic nitrogens is 2. The van der Waals surface area contributed by atoms with Gasteiger partial charge in [0.05, 0.1) is 5.69 Å². The van der Waals surface area contributed by atoms with E-state index in [-0.39, 0.29) is 17.9 Å². The summed E-state index contributed by atoms with van der Waals surface area (Å²) in [5, 5.41) is 15.3. The van der Waals surface area contributed by atoms with Gasteiger partial charge in [-0.25, -0.2) is 0 Å². The van der Waals surface area contributed by atoms with Gasteiger partial charge in [-0.05, 0) is 18.0 Å². The predicted molar refractivity (Wildman–Crippen MR) is 62.6 cm³/mol. The molecule has 16 heavy (non-hydrogen) atoms. The van der Waals surface area contributed by atoms with Crippen LogP contribution in [0.3, 0.4) is 0 Å². The zero-order chi connectivity index (χ0) is 12.2. The van der Waals surface area contributed by atoms with Gasteiger partial charge in [0.15, 0.2) is 0 Å². The molecule has 0 fully saturated rings. The Hall–Kier alpha value is -1.01. The molecule has 1 aromatic heterocycles. The third-order valence-electron chi connectivity index (χ3n) is 2.03. The van der Waals surface area contributed by atoms with Crippen molar-refractivity contribution in [1.29, 1.82) is 0 Å². The lowest BCUT2D eigenvalue weighted by Crippen LogP contribution is -2.27. The molecule has 0 atom stereocenters. The van der Waals surface area contributed by atoms with Crippen LogP contribution in [0.2, 0.25) is 0 Å². The van der Waals surface area contributed by atoms with Gasteiger partial charge in [-0.1, -0.05) is 25.3 Å². The Labute approximate surface area is 99.0 Å². The fourth-order valence-corrected chi connectivity index (χ4v) is 1.98. The van der Waals surface area contributed by atoms with E-state index in [2.05, 4.69) is 14.9 Å². The number of carbonyl (C=O) groups excluding carboxylic acids is 1. The fourth-order valence-electron chi connectivity index (χ4n) is 1.19. The molecule has 0 saturated carbocycles. The van der Waals surface area contributed by atoms with E-state index in [1.165, 1.54) is 0 Å². The highest BCUT2D eigenvalue weighted by molar-refractivity contribution is 7.08. The van der Waals surface area contributed by atoms with Crippen molar-refractivity contribution in [2.24, 2.45) is 0 Å². The molecule has 0 radical (unpaired) electrons. The van der Waals surface area contributed by atoms with Crippen molar-refractivity contribution in [1.82, 2.24) is 14.9 Å².